The SMILES string of the molecule is Cc1ncc(CN2CCN(Cc3nccn3C)[C@H](C)C2)s1. The van der Waals surface area contributed by atoms with Crippen LogP contribution in [0.2, 0.25) is 0 Å². The Kier molecular flexibility index (Phi) is 4.37. The minimum atomic E-state index is 0.560. The second kappa shape index (κ2) is 6.25. The van der Waals surface area contributed by atoms with E-state index in [1.807, 2.05) is 29.9 Å². The fourth-order valence-electron chi connectivity index (χ4n) is 2.88. The van der Waals surface area contributed by atoms with Crippen molar-refractivity contribution in [1.82, 2.24) is 24.3 Å². The lowest BCUT2D eigenvalue weighted by molar-refractivity contribution is 0.0713. The molecule has 1 atom stereocenters. The first kappa shape index (κ1) is 14.7. The van der Waals surface area contributed by atoms with Crippen LogP contribution in [0.3, 0.4) is 0 Å². The average molecular weight is 305 g/mol. The van der Waals surface area contributed by atoms with Crippen LogP contribution in [-0.4, -0.2) is 50.0 Å². The van der Waals surface area contributed by atoms with Gasteiger partial charge >= 0.3 is 0 Å². The van der Waals surface area contributed by atoms with Crippen LogP contribution in [0.1, 0.15) is 22.6 Å². The first-order chi connectivity index (χ1) is 10.1. The van der Waals surface area contributed by atoms with Gasteiger partial charge in [-0.2, -0.15) is 0 Å². The number of rotatable bonds is 4. The zero-order valence-electron chi connectivity index (χ0n) is 13.0. The Morgan fingerprint density at radius 1 is 1.29 bits per heavy atom. The highest BCUT2D eigenvalue weighted by Gasteiger charge is 2.24. The topological polar surface area (TPSA) is 37.2 Å². The van der Waals surface area contributed by atoms with E-state index in [9.17, 15) is 0 Å². The van der Waals surface area contributed by atoms with E-state index in [0.29, 0.717) is 6.04 Å². The summed E-state index contributed by atoms with van der Waals surface area (Å²) in [4.78, 5) is 15.2. The average Bonchev–Trinajstić information content (AvgIpc) is 3.02. The van der Waals surface area contributed by atoms with Crippen molar-refractivity contribution in [3.05, 3.63) is 34.3 Å². The number of piperazine rings is 1. The van der Waals surface area contributed by atoms with E-state index < -0.39 is 0 Å². The van der Waals surface area contributed by atoms with Crippen molar-refractivity contribution in [2.24, 2.45) is 7.05 Å². The molecule has 1 aliphatic rings. The molecule has 0 unspecified atom stereocenters. The van der Waals surface area contributed by atoms with E-state index in [0.717, 1.165) is 43.6 Å². The van der Waals surface area contributed by atoms with Gasteiger partial charge in [0, 0.05) is 62.7 Å². The molecule has 6 heteroatoms. The summed E-state index contributed by atoms with van der Waals surface area (Å²) in [6.07, 6.45) is 5.91. The molecule has 2 aromatic heterocycles. The first-order valence-electron chi connectivity index (χ1n) is 7.45. The Hall–Kier alpha value is -1.24. The molecule has 0 saturated carbocycles. The fraction of sp³-hybridized carbons (Fsp3) is 0.600. The third-order valence-corrected chi connectivity index (χ3v) is 5.06. The molecule has 3 rings (SSSR count). The highest BCUT2D eigenvalue weighted by atomic mass is 32.1. The third kappa shape index (κ3) is 3.51. The molecule has 1 fully saturated rings. The molecule has 0 N–H and O–H groups in total. The second-order valence-electron chi connectivity index (χ2n) is 5.85. The number of nitrogens with zero attached hydrogens (tertiary/aromatic N) is 5. The van der Waals surface area contributed by atoms with Gasteiger partial charge in [0.05, 0.1) is 11.6 Å². The Morgan fingerprint density at radius 2 is 2.14 bits per heavy atom. The molecule has 5 nitrogen and oxygen atoms in total. The molecule has 3 heterocycles. The van der Waals surface area contributed by atoms with Crippen LogP contribution >= 0.6 is 11.3 Å². The lowest BCUT2D eigenvalue weighted by atomic mass is 10.2. The van der Waals surface area contributed by atoms with Crippen molar-refractivity contribution in [2.45, 2.75) is 33.0 Å². The van der Waals surface area contributed by atoms with Gasteiger partial charge in [-0.1, -0.05) is 0 Å². The van der Waals surface area contributed by atoms with E-state index in [4.69, 9.17) is 0 Å². The van der Waals surface area contributed by atoms with Gasteiger partial charge < -0.3 is 4.57 Å². The van der Waals surface area contributed by atoms with E-state index in [2.05, 4.69) is 45.2 Å². The highest BCUT2D eigenvalue weighted by Crippen LogP contribution is 2.18. The zero-order valence-corrected chi connectivity index (χ0v) is 13.8. The van der Waals surface area contributed by atoms with Gasteiger partial charge in [0.1, 0.15) is 5.82 Å². The van der Waals surface area contributed by atoms with Crippen LogP contribution < -0.4 is 0 Å². The van der Waals surface area contributed by atoms with Gasteiger partial charge in [-0.3, -0.25) is 9.80 Å². The van der Waals surface area contributed by atoms with Crippen molar-refractivity contribution < 1.29 is 0 Å². The van der Waals surface area contributed by atoms with Crippen molar-refractivity contribution >= 4 is 11.3 Å². The Balaban J connectivity index is 1.55. The standard InChI is InChI=1S/C15H23N5S/c1-12-9-19(10-14-8-17-13(2)21-14)6-7-20(12)11-15-16-4-5-18(15)3/h4-5,8,12H,6-7,9-11H2,1-3H3/t12-/m1/s1. The van der Waals surface area contributed by atoms with E-state index in [1.54, 1.807) is 0 Å². The molecule has 0 spiro atoms. The summed E-state index contributed by atoms with van der Waals surface area (Å²) in [6, 6.07) is 0.560. The van der Waals surface area contributed by atoms with Crippen LogP contribution in [-0.2, 0) is 20.1 Å². The number of hydrogen-bond acceptors (Lipinski definition) is 5. The van der Waals surface area contributed by atoms with Crippen molar-refractivity contribution in [3.8, 4) is 0 Å². The van der Waals surface area contributed by atoms with Gasteiger partial charge in [0.15, 0.2) is 0 Å². The van der Waals surface area contributed by atoms with E-state index >= 15 is 0 Å². The molecule has 1 saturated heterocycles. The molecular formula is C15H23N5S. The molecule has 0 aromatic carbocycles. The van der Waals surface area contributed by atoms with Crippen LogP contribution in [0.4, 0.5) is 0 Å². The largest absolute Gasteiger partial charge is 0.337 e. The van der Waals surface area contributed by atoms with Crippen molar-refractivity contribution in [3.63, 3.8) is 0 Å². The maximum Gasteiger partial charge on any atom is 0.122 e. The lowest BCUT2D eigenvalue weighted by Gasteiger charge is -2.39. The minimum Gasteiger partial charge on any atom is -0.337 e. The number of aromatic nitrogens is 3. The second-order valence-corrected chi connectivity index (χ2v) is 7.17. The first-order valence-corrected chi connectivity index (χ1v) is 8.27. The molecule has 114 valence electrons. The minimum absolute atomic E-state index is 0.560. The summed E-state index contributed by atoms with van der Waals surface area (Å²) < 4.78 is 2.11. The molecule has 2 aromatic rings. The number of hydrogen-bond donors (Lipinski definition) is 0. The maximum atomic E-state index is 4.43. The summed E-state index contributed by atoms with van der Waals surface area (Å²) in [5.41, 5.74) is 0. The van der Waals surface area contributed by atoms with Gasteiger partial charge in [-0.05, 0) is 13.8 Å². The predicted molar refractivity (Wildman–Crippen MR) is 85.2 cm³/mol. The molecule has 1 aliphatic heterocycles. The summed E-state index contributed by atoms with van der Waals surface area (Å²) >= 11 is 1.81. The van der Waals surface area contributed by atoms with Crippen LogP contribution in [0, 0.1) is 6.92 Å². The number of aryl methyl sites for hydroxylation is 2. The highest BCUT2D eigenvalue weighted by molar-refractivity contribution is 7.11. The molecule has 0 bridgehead atoms. The molecule has 0 aliphatic carbocycles. The Labute approximate surface area is 130 Å². The molecular weight excluding hydrogens is 282 g/mol. The predicted octanol–water partition coefficient (Wildman–Crippen LogP) is 1.89. The maximum absolute atomic E-state index is 4.43. The monoisotopic (exact) mass is 305 g/mol. The Morgan fingerprint density at radius 3 is 2.76 bits per heavy atom. The number of imidazole rings is 1. The Bertz CT molecular complexity index is 590. The van der Waals surface area contributed by atoms with E-state index in [-0.39, 0.29) is 0 Å². The summed E-state index contributed by atoms with van der Waals surface area (Å²) in [6.45, 7) is 9.69. The molecule has 0 amide bonds. The molecule has 0 radical (unpaired) electrons. The van der Waals surface area contributed by atoms with Crippen molar-refractivity contribution in [2.75, 3.05) is 19.6 Å². The van der Waals surface area contributed by atoms with Gasteiger partial charge in [0.25, 0.3) is 0 Å². The lowest BCUT2D eigenvalue weighted by Crippen LogP contribution is -2.51. The normalized spacial score (nSPS) is 21.0. The van der Waals surface area contributed by atoms with Gasteiger partial charge in [-0.25, -0.2) is 9.97 Å². The number of thiazole rings is 1. The smallest absolute Gasteiger partial charge is 0.122 e. The summed E-state index contributed by atoms with van der Waals surface area (Å²) in [5, 5.41) is 1.16. The van der Waals surface area contributed by atoms with Crippen LogP contribution in [0.25, 0.3) is 0 Å². The fourth-order valence-corrected chi connectivity index (χ4v) is 3.72. The van der Waals surface area contributed by atoms with Gasteiger partial charge in [-0.15, -0.1) is 11.3 Å². The summed E-state index contributed by atoms with van der Waals surface area (Å²) in [5.74, 6) is 1.15. The molecule has 21 heavy (non-hydrogen) atoms. The zero-order chi connectivity index (χ0) is 14.8. The van der Waals surface area contributed by atoms with Gasteiger partial charge in [0.2, 0.25) is 0 Å². The third-order valence-electron chi connectivity index (χ3n) is 4.16. The quantitative estimate of drug-likeness (QED) is 0.864. The summed E-state index contributed by atoms with van der Waals surface area (Å²) in [7, 11) is 2.06. The van der Waals surface area contributed by atoms with Crippen LogP contribution in [0.5, 0.6) is 0 Å². The van der Waals surface area contributed by atoms with Crippen molar-refractivity contribution in [1.29, 1.82) is 0 Å². The van der Waals surface area contributed by atoms with Crippen LogP contribution in [0.15, 0.2) is 18.6 Å². The van der Waals surface area contributed by atoms with E-state index in [1.165, 1.54) is 4.88 Å².